The van der Waals surface area contributed by atoms with Crippen molar-refractivity contribution >= 4 is 34.6 Å². The number of methoxy groups -OCH3 is 2. The maximum atomic E-state index is 11.7. The van der Waals surface area contributed by atoms with Gasteiger partial charge in [-0.25, -0.2) is 9.98 Å². The zero-order chi connectivity index (χ0) is 24.0. The summed E-state index contributed by atoms with van der Waals surface area (Å²) in [5.41, 5.74) is 1.83. The summed E-state index contributed by atoms with van der Waals surface area (Å²) in [6, 6.07) is 10.3. The highest BCUT2D eigenvalue weighted by Gasteiger charge is 2.25. The lowest BCUT2D eigenvalue weighted by atomic mass is 10.1. The first-order valence-electron chi connectivity index (χ1n) is 10.3. The van der Waals surface area contributed by atoms with Crippen LogP contribution < -0.4 is 40.3 Å². The average Bonchev–Trinajstić information content (AvgIpc) is 2.79. The Kier molecular flexibility index (Phi) is 5.05. The van der Waals surface area contributed by atoms with Crippen LogP contribution in [0.2, 0.25) is 0 Å². The highest BCUT2D eigenvalue weighted by atomic mass is 16.5. The van der Waals surface area contributed by atoms with Gasteiger partial charge in [-0.3, -0.25) is 9.59 Å². The van der Waals surface area contributed by atoms with Crippen LogP contribution in [0.4, 0.5) is 22.7 Å². The Hall–Kier alpha value is -4.60. The van der Waals surface area contributed by atoms with Gasteiger partial charge in [-0.15, -0.1) is 0 Å². The minimum absolute atomic E-state index is 0.291. The van der Waals surface area contributed by atoms with E-state index in [1.54, 1.807) is 43.5 Å². The molecule has 0 unspecified atom stereocenters. The van der Waals surface area contributed by atoms with E-state index in [1.807, 2.05) is 0 Å². The fourth-order valence-corrected chi connectivity index (χ4v) is 3.75. The Balaban J connectivity index is 1.69. The summed E-state index contributed by atoms with van der Waals surface area (Å²) < 4.78 is 23.1. The number of nitrogens with zero attached hydrogens (tertiary/aromatic N) is 2. The zero-order valence-electron chi connectivity index (χ0n) is 18.8. The summed E-state index contributed by atoms with van der Waals surface area (Å²) in [6.07, 6.45) is 0. The molecule has 5 rings (SSSR count). The summed E-state index contributed by atoms with van der Waals surface area (Å²) >= 11 is 0. The number of anilines is 2. The molecule has 0 fully saturated rings. The summed E-state index contributed by atoms with van der Waals surface area (Å²) in [4.78, 5) is 32.7. The molecule has 0 aliphatic carbocycles. The van der Waals surface area contributed by atoms with Crippen LogP contribution in [0.15, 0.2) is 46.4 Å². The monoisotopic (exact) mass is 460 g/mol. The number of benzene rings is 3. The van der Waals surface area contributed by atoms with Gasteiger partial charge in [0, 0.05) is 32.0 Å². The lowest BCUT2D eigenvalue weighted by molar-refractivity contribution is -0.115. The van der Waals surface area contributed by atoms with Gasteiger partial charge in [-0.2, -0.15) is 0 Å². The Morgan fingerprint density at radius 3 is 2.18 bits per heavy atom. The molecule has 10 heteroatoms. The molecule has 0 atom stereocenters. The number of carbonyl (C=O) groups is 2. The second-order valence-electron chi connectivity index (χ2n) is 7.59. The largest absolute Gasteiger partial charge is 0.497 e. The van der Waals surface area contributed by atoms with E-state index in [2.05, 4.69) is 15.6 Å². The van der Waals surface area contributed by atoms with E-state index in [1.165, 1.54) is 21.0 Å². The lowest BCUT2D eigenvalue weighted by Crippen LogP contribution is -2.21. The molecule has 0 bridgehead atoms. The first-order valence-corrected chi connectivity index (χ1v) is 10.3. The van der Waals surface area contributed by atoms with Crippen molar-refractivity contribution in [2.24, 2.45) is 9.98 Å². The van der Waals surface area contributed by atoms with Crippen LogP contribution in [-0.4, -0.2) is 26.0 Å². The van der Waals surface area contributed by atoms with Gasteiger partial charge in [0.15, 0.2) is 34.1 Å². The van der Waals surface area contributed by atoms with Crippen molar-refractivity contribution in [2.45, 2.75) is 13.8 Å². The van der Waals surface area contributed by atoms with Crippen LogP contribution in [0.5, 0.6) is 34.5 Å². The molecule has 2 amide bonds. The van der Waals surface area contributed by atoms with Crippen molar-refractivity contribution in [3.8, 4) is 34.5 Å². The maximum Gasteiger partial charge on any atom is 0.221 e. The Morgan fingerprint density at radius 1 is 0.794 bits per heavy atom. The number of hydrogen-bond acceptors (Lipinski definition) is 8. The average molecular weight is 460 g/mol. The second kappa shape index (κ2) is 8.07. The minimum atomic E-state index is -0.291. The Labute approximate surface area is 193 Å². The molecule has 2 heterocycles. The molecule has 2 N–H and O–H groups in total. The molecule has 3 aromatic carbocycles. The van der Waals surface area contributed by atoms with Gasteiger partial charge in [0.1, 0.15) is 22.5 Å². The molecular weight excluding hydrogens is 440 g/mol. The Bertz CT molecular complexity index is 1500. The van der Waals surface area contributed by atoms with E-state index in [-0.39, 0.29) is 11.8 Å². The third-order valence-corrected chi connectivity index (χ3v) is 5.15. The van der Waals surface area contributed by atoms with Crippen LogP contribution >= 0.6 is 0 Å². The number of fused-ring (bicyclic) bond motifs is 4. The SMILES string of the molecule is COc1ccc2c(c1)N=c1cc3c(c(OC)c1O2)=Nc1cc(NC(C)=O)c(NC(C)=O)cc1O3. The van der Waals surface area contributed by atoms with Gasteiger partial charge in [0.25, 0.3) is 0 Å². The van der Waals surface area contributed by atoms with Gasteiger partial charge in [0.2, 0.25) is 11.8 Å². The molecule has 0 radical (unpaired) electrons. The first-order chi connectivity index (χ1) is 16.4. The quantitative estimate of drug-likeness (QED) is 0.422. The molecule has 0 saturated heterocycles. The molecule has 3 aromatic rings. The first kappa shape index (κ1) is 21.3. The van der Waals surface area contributed by atoms with E-state index >= 15 is 0 Å². The summed E-state index contributed by atoms with van der Waals surface area (Å²) in [7, 11) is 3.09. The predicted octanol–water partition coefficient (Wildman–Crippen LogP) is 3.73. The molecule has 172 valence electrons. The van der Waals surface area contributed by atoms with Crippen LogP contribution in [0.1, 0.15) is 13.8 Å². The minimum Gasteiger partial charge on any atom is -0.497 e. The zero-order valence-corrected chi connectivity index (χ0v) is 18.8. The van der Waals surface area contributed by atoms with Crippen molar-refractivity contribution in [1.29, 1.82) is 0 Å². The van der Waals surface area contributed by atoms with Crippen LogP contribution in [0.3, 0.4) is 0 Å². The highest BCUT2D eigenvalue weighted by Crippen LogP contribution is 2.44. The number of ether oxygens (including phenoxy) is 4. The van der Waals surface area contributed by atoms with E-state index in [9.17, 15) is 9.59 Å². The maximum absolute atomic E-state index is 11.7. The van der Waals surface area contributed by atoms with Crippen molar-refractivity contribution in [1.82, 2.24) is 0 Å². The van der Waals surface area contributed by atoms with Gasteiger partial charge in [-0.1, -0.05) is 0 Å². The molecule has 2 aliphatic heterocycles. The normalized spacial score (nSPS) is 12.1. The van der Waals surface area contributed by atoms with E-state index in [0.717, 1.165) is 0 Å². The summed E-state index contributed by atoms with van der Waals surface area (Å²) in [5.74, 6) is 2.19. The van der Waals surface area contributed by atoms with Gasteiger partial charge >= 0.3 is 0 Å². The molecule has 0 aromatic heterocycles. The van der Waals surface area contributed by atoms with Crippen LogP contribution in [0.25, 0.3) is 0 Å². The summed E-state index contributed by atoms with van der Waals surface area (Å²) in [6.45, 7) is 2.76. The number of nitrogens with one attached hydrogen (secondary N) is 2. The predicted molar refractivity (Wildman–Crippen MR) is 123 cm³/mol. The molecular formula is C24H20N4O6. The molecule has 2 aliphatic rings. The van der Waals surface area contributed by atoms with E-state index in [4.69, 9.17) is 23.9 Å². The summed E-state index contributed by atoms with van der Waals surface area (Å²) in [5, 5.41) is 6.32. The van der Waals surface area contributed by atoms with Crippen LogP contribution in [-0.2, 0) is 9.59 Å². The second-order valence-corrected chi connectivity index (χ2v) is 7.59. The number of hydrogen-bond donors (Lipinski definition) is 2. The van der Waals surface area contributed by atoms with Gasteiger partial charge < -0.3 is 29.6 Å². The number of amides is 2. The Morgan fingerprint density at radius 2 is 1.50 bits per heavy atom. The lowest BCUT2D eigenvalue weighted by Gasteiger charge is -2.22. The smallest absolute Gasteiger partial charge is 0.221 e. The van der Waals surface area contributed by atoms with E-state index < -0.39 is 0 Å². The van der Waals surface area contributed by atoms with Crippen molar-refractivity contribution in [2.75, 3.05) is 24.9 Å². The topological polar surface area (TPSA) is 120 Å². The van der Waals surface area contributed by atoms with Gasteiger partial charge in [0.05, 0.1) is 25.6 Å². The standard InChI is InChI=1S/C24H20N4O6/c1-11(29)25-14-8-17-20(9-15(14)26-12(2)30)33-21-10-18-23(24(32-4)22(21)28-17)34-19-6-5-13(31-3)7-16(19)27-18/h5-10H,1-4H3,(H,25,29)(H,26,30). The van der Waals surface area contributed by atoms with Crippen LogP contribution in [0, 0.1) is 0 Å². The van der Waals surface area contributed by atoms with Crippen molar-refractivity contribution in [3.05, 3.63) is 47.1 Å². The van der Waals surface area contributed by atoms with E-state index in [0.29, 0.717) is 68.0 Å². The molecule has 0 spiro atoms. The third-order valence-electron chi connectivity index (χ3n) is 5.15. The van der Waals surface area contributed by atoms with Gasteiger partial charge in [-0.05, 0) is 18.2 Å². The van der Waals surface area contributed by atoms with Crippen molar-refractivity contribution in [3.63, 3.8) is 0 Å². The third kappa shape index (κ3) is 3.64. The van der Waals surface area contributed by atoms with Crippen molar-refractivity contribution < 1.29 is 28.5 Å². The molecule has 0 saturated carbocycles. The number of rotatable bonds is 4. The molecule has 34 heavy (non-hydrogen) atoms. The fourth-order valence-electron chi connectivity index (χ4n) is 3.75. The fraction of sp³-hybridized carbons (Fsp3) is 0.167. The number of carbonyl (C=O) groups excluding carboxylic acids is 2. The molecule has 10 nitrogen and oxygen atoms in total. The highest BCUT2D eigenvalue weighted by molar-refractivity contribution is 5.99.